The van der Waals surface area contributed by atoms with Crippen LogP contribution in [0.4, 0.5) is 0 Å². The SMILES string of the molecule is [2H]C([2H])(c1ccnc(-c2ccc(C)c(-c3ccc(-c4ccc(C5([2H])C(C)(C)CCCC5(C)C)cc4)cc3)c2)c1)C(C)(C)C. The van der Waals surface area contributed by atoms with Gasteiger partial charge in [-0.05, 0) is 105 Å². The Hall–Kier alpha value is -3.19. The van der Waals surface area contributed by atoms with Gasteiger partial charge in [-0.3, -0.25) is 4.98 Å². The maximum absolute atomic E-state index is 9.71. The molecule has 0 aliphatic heterocycles. The van der Waals surface area contributed by atoms with Crippen LogP contribution in [0.25, 0.3) is 33.5 Å². The summed E-state index contributed by atoms with van der Waals surface area (Å²) >= 11 is 0. The standard InChI is InChI=1S/C39H47N/c1-27-10-11-33(35-24-28(20-23-40-35)26-37(2,3)4)25-34(27)31-16-12-29(13-17-31)30-14-18-32(19-15-30)36-38(5,6)21-9-22-39(36,7)8/h10-20,23-25,36H,9,21-22,26H2,1-8H3/i26D2,36D. The number of benzene rings is 3. The van der Waals surface area contributed by atoms with Crippen molar-refractivity contribution >= 4 is 0 Å². The molecule has 1 aromatic heterocycles. The molecule has 0 saturated heterocycles. The molecule has 1 fully saturated rings. The van der Waals surface area contributed by atoms with E-state index < -0.39 is 17.7 Å². The second-order valence-corrected chi connectivity index (χ2v) is 14.0. The Balaban J connectivity index is 1.43. The van der Waals surface area contributed by atoms with E-state index in [1.807, 2.05) is 26.8 Å². The summed E-state index contributed by atoms with van der Waals surface area (Å²) in [6.07, 6.45) is 3.59. The first-order chi connectivity index (χ1) is 20.0. The highest BCUT2D eigenvalue weighted by molar-refractivity contribution is 5.76. The van der Waals surface area contributed by atoms with Crippen LogP contribution in [0, 0.1) is 23.2 Å². The van der Waals surface area contributed by atoms with Gasteiger partial charge in [0.2, 0.25) is 0 Å². The largest absolute Gasteiger partial charge is 0.256 e. The Kier molecular flexibility index (Phi) is 6.55. The molecule has 1 heterocycles. The zero-order chi connectivity index (χ0) is 31.4. The topological polar surface area (TPSA) is 12.9 Å². The Bertz CT molecular complexity index is 1590. The quantitative estimate of drug-likeness (QED) is 0.249. The van der Waals surface area contributed by atoms with Crippen molar-refractivity contribution in [3.63, 3.8) is 0 Å². The number of hydrogen-bond donors (Lipinski definition) is 0. The minimum Gasteiger partial charge on any atom is -0.256 e. The van der Waals surface area contributed by atoms with Gasteiger partial charge in [0.05, 0.1) is 5.69 Å². The zero-order valence-electron chi connectivity index (χ0n) is 28.7. The zero-order valence-corrected chi connectivity index (χ0v) is 25.7. The second kappa shape index (κ2) is 10.7. The lowest BCUT2D eigenvalue weighted by atomic mass is 9.55. The van der Waals surface area contributed by atoms with Crippen molar-refractivity contribution in [2.75, 3.05) is 0 Å². The molecular formula is C39H47N. The molecule has 5 rings (SSSR count). The van der Waals surface area contributed by atoms with Crippen molar-refractivity contribution in [1.29, 1.82) is 0 Å². The lowest BCUT2D eigenvalue weighted by Crippen LogP contribution is -2.38. The molecule has 1 heteroatoms. The number of pyridine rings is 1. The van der Waals surface area contributed by atoms with Gasteiger partial charge < -0.3 is 0 Å². The van der Waals surface area contributed by atoms with E-state index in [2.05, 4.69) is 106 Å². The highest BCUT2D eigenvalue weighted by Crippen LogP contribution is 2.56. The van der Waals surface area contributed by atoms with Gasteiger partial charge in [0.1, 0.15) is 0 Å². The van der Waals surface area contributed by atoms with Gasteiger partial charge in [-0.1, -0.05) is 116 Å². The predicted octanol–water partition coefficient (Wildman–Crippen LogP) is 11.3. The molecule has 0 N–H and O–H groups in total. The van der Waals surface area contributed by atoms with Crippen LogP contribution in [0.1, 0.15) is 94.4 Å². The van der Waals surface area contributed by atoms with Gasteiger partial charge >= 0.3 is 0 Å². The molecule has 4 aromatic rings. The van der Waals surface area contributed by atoms with Crippen LogP contribution in [-0.2, 0) is 6.37 Å². The molecule has 3 aromatic carbocycles. The van der Waals surface area contributed by atoms with Crippen molar-refractivity contribution in [2.45, 2.75) is 86.9 Å². The van der Waals surface area contributed by atoms with E-state index in [1.165, 1.54) is 12.0 Å². The van der Waals surface area contributed by atoms with E-state index in [9.17, 15) is 1.37 Å². The van der Waals surface area contributed by atoms with Crippen molar-refractivity contribution in [2.24, 2.45) is 16.2 Å². The smallest absolute Gasteiger partial charge is 0.0704 e. The first-order valence-electron chi connectivity index (χ1n) is 16.3. The minimum atomic E-state index is -1.48. The summed E-state index contributed by atoms with van der Waals surface area (Å²) in [4.78, 5) is 4.61. The maximum Gasteiger partial charge on any atom is 0.0704 e. The Morgan fingerprint density at radius 2 is 1.32 bits per heavy atom. The molecule has 0 amide bonds. The molecule has 40 heavy (non-hydrogen) atoms. The number of hydrogen-bond acceptors (Lipinski definition) is 1. The summed E-state index contributed by atoms with van der Waals surface area (Å²) in [5.41, 5.74) is 8.59. The van der Waals surface area contributed by atoms with E-state index in [0.29, 0.717) is 5.56 Å². The van der Waals surface area contributed by atoms with E-state index in [-0.39, 0.29) is 10.8 Å². The summed E-state index contributed by atoms with van der Waals surface area (Å²) in [6, 6.07) is 27.5. The number of rotatable bonds is 5. The molecule has 1 nitrogen and oxygen atoms in total. The van der Waals surface area contributed by atoms with Gasteiger partial charge in [-0.15, -0.1) is 0 Å². The molecule has 0 radical (unpaired) electrons. The van der Waals surface area contributed by atoms with E-state index in [4.69, 9.17) is 2.74 Å². The lowest BCUT2D eigenvalue weighted by Gasteiger charge is -2.49. The molecule has 0 bridgehead atoms. The van der Waals surface area contributed by atoms with E-state index in [1.54, 1.807) is 12.3 Å². The average Bonchev–Trinajstić information content (AvgIpc) is 2.95. The summed E-state index contributed by atoms with van der Waals surface area (Å²) in [6.45, 7) is 17.0. The molecule has 0 unspecified atom stereocenters. The highest BCUT2D eigenvalue weighted by Gasteiger charge is 2.44. The lowest BCUT2D eigenvalue weighted by molar-refractivity contribution is 0.0727. The normalized spacial score (nSPS) is 19.4. The van der Waals surface area contributed by atoms with Crippen molar-refractivity contribution in [3.8, 4) is 33.5 Å². The fourth-order valence-electron chi connectivity index (χ4n) is 6.78. The van der Waals surface area contributed by atoms with Crippen LogP contribution in [0.15, 0.2) is 85.1 Å². The van der Waals surface area contributed by atoms with Crippen LogP contribution in [0.2, 0.25) is 0 Å². The predicted molar refractivity (Wildman–Crippen MR) is 173 cm³/mol. The van der Waals surface area contributed by atoms with Gasteiger partial charge in [0.25, 0.3) is 0 Å². The third kappa shape index (κ3) is 6.09. The molecule has 0 atom stereocenters. The summed E-state index contributed by atoms with van der Waals surface area (Å²) < 4.78 is 27.1. The van der Waals surface area contributed by atoms with Crippen LogP contribution in [0.3, 0.4) is 0 Å². The minimum absolute atomic E-state index is 0.0840. The molecule has 1 aliphatic rings. The van der Waals surface area contributed by atoms with Crippen LogP contribution >= 0.6 is 0 Å². The van der Waals surface area contributed by atoms with Crippen molar-refractivity contribution in [3.05, 3.63) is 102 Å². The van der Waals surface area contributed by atoms with Crippen molar-refractivity contribution in [1.82, 2.24) is 4.98 Å². The van der Waals surface area contributed by atoms with E-state index >= 15 is 0 Å². The fraction of sp³-hybridized carbons (Fsp3) is 0.410. The third-order valence-electron chi connectivity index (χ3n) is 8.47. The highest BCUT2D eigenvalue weighted by atomic mass is 14.7. The number of aromatic nitrogens is 1. The van der Waals surface area contributed by atoms with Crippen molar-refractivity contribution < 1.29 is 4.11 Å². The Labute approximate surface area is 247 Å². The van der Waals surface area contributed by atoms with Gasteiger partial charge in [0.15, 0.2) is 0 Å². The first kappa shape index (κ1) is 24.6. The molecule has 208 valence electrons. The summed E-state index contributed by atoms with van der Waals surface area (Å²) in [7, 11) is 0. The van der Waals surface area contributed by atoms with Crippen LogP contribution in [-0.4, -0.2) is 4.98 Å². The summed E-state index contributed by atoms with van der Waals surface area (Å²) in [5, 5.41) is 0. The second-order valence-electron chi connectivity index (χ2n) is 14.0. The average molecular weight is 533 g/mol. The molecule has 1 saturated carbocycles. The summed E-state index contributed by atoms with van der Waals surface area (Å²) in [5.74, 6) is -0.632. The Morgan fingerprint density at radius 3 is 1.93 bits per heavy atom. The van der Waals surface area contributed by atoms with Gasteiger partial charge in [-0.25, -0.2) is 0 Å². The van der Waals surface area contributed by atoms with Gasteiger partial charge in [0, 0.05) is 15.9 Å². The van der Waals surface area contributed by atoms with Gasteiger partial charge in [-0.2, -0.15) is 0 Å². The number of nitrogens with zero attached hydrogens (tertiary/aromatic N) is 1. The number of aryl methyl sites for hydroxylation is 1. The maximum atomic E-state index is 9.71. The fourth-order valence-corrected chi connectivity index (χ4v) is 6.78. The first-order valence-corrected chi connectivity index (χ1v) is 14.8. The third-order valence-corrected chi connectivity index (χ3v) is 8.47. The molecule has 0 spiro atoms. The Morgan fingerprint density at radius 1 is 0.775 bits per heavy atom. The van der Waals surface area contributed by atoms with Crippen LogP contribution < -0.4 is 0 Å². The molecular weight excluding hydrogens is 482 g/mol. The van der Waals surface area contributed by atoms with Crippen LogP contribution in [0.5, 0.6) is 0 Å². The van der Waals surface area contributed by atoms with E-state index in [0.717, 1.165) is 51.9 Å². The monoisotopic (exact) mass is 532 g/mol. The molecule has 1 aliphatic carbocycles.